The summed E-state index contributed by atoms with van der Waals surface area (Å²) in [5, 5.41) is 1.43. The van der Waals surface area contributed by atoms with Crippen molar-refractivity contribution in [1.82, 2.24) is 4.90 Å². The number of benzene rings is 3. The predicted octanol–water partition coefficient (Wildman–Crippen LogP) is 6.74. The molecule has 1 saturated heterocycles. The molecular weight excluding hydrogens is 487 g/mol. The second-order valence-corrected chi connectivity index (χ2v) is 11.1. The molecule has 1 fully saturated rings. The Balaban J connectivity index is 1.56. The van der Waals surface area contributed by atoms with Crippen molar-refractivity contribution in [3.8, 4) is 0 Å². The maximum absolute atomic E-state index is 13.6. The Labute approximate surface area is 202 Å². The lowest BCUT2D eigenvalue weighted by Gasteiger charge is -2.41. The van der Waals surface area contributed by atoms with E-state index in [0.29, 0.717) is 23.1 Å². The zero-order chi connectivity index (χ0) is 23.8. The van der Waals surface area contributed by atoms with Crippen LogP contribution in [0, 0.1) is 11.6 Å². The molecule has 33 heavy (non-hydrogen) atoms. The van der Waals surface area contributed by atoms with Gasteiger partial charge in [0.1, 0.15) is 11.6 Å². The number of likely N-dealkylation sites (tertiary alicyclic amines) is 1. The zero-order valence-electron chi connectivity index (χ0n) is 17.7. The van der Waals surface area contributed by atoms with Crippen LogP contribution in [0.4, 0.5) is 8.78 Å². The van der Waals surface area contributed by atoms with Crippen LogP contribution in [0.25, 0.3) is 0 Å². The smallest absolute Gasteiger partial charge is 0.178 e. The van der Waals surface area contributed by atoms with Gasteiger partial charge in [-0.05, 0) is 65.6 Å². The summed E-state index contributed by atoms with van der Waals surface area (Å²) in [7, 11) is -3.75. The van der Waals surface area contributed by atoms with Crippen molar-refractivity contribution in [3.05, 3.63) is 116 Å². The van der Waals surface area contributed by atoms with Gasteiger partial charge in [0.25, 0.3) is 0 Å². The summed E-state index contributed by atoms with van der Waals surface area (Å²) in [5.74, 6) is -1.61. The molecule has 0 aliphatic carbocycles. The topological polar surface area (TPSA) is 37.4 Å². The van der Waals surface area contributed by atoms with E-state index in [4.69, 9.17) is 23.2 Å². The summed E-state index contributed by atoms with van der Waals surface area (Å²) in [4.78, 5) is 2.14. The van der Waals surface area contributed by atoms with E-state index in [0.717, 1.165) is 34.9 Å². The lowest BCUT2D eigenvalue weighted by atomic mass is 9.93. The summed E-state index contributed by atoms with van der Waals surface area (Å²) in [6.45, 7) is 2.32. The number of rotatable bonds is 6. The highest BCUT2D eigenvalue weighted by molar-refractivity contribution is 7.94. The van der Waals surface area contributed by atoms with Gasteiger partial charge in [-0.15, -0.1) is 0 Å². The van der Waals surface area contributed by atoms with Gasteiger partial charge in [-0.2, -0.15) is 0 Å². The van der Waals surface area contributed by atoms with Gasteiger partial charge < -0.3 is 0 Å². The van der Waals surface area contributed by atoms with E-state index in [1.165, 1.54) is 12.3 Å². The number of sulfone groups is 1. The molecule has 8 heteroatoms. The van der Waals surface area contributed by atoms with Crippen LogP contribution in [0.2, 0.25) is 10.0 Å². The average molecular weight is 508 g/mol. The molecule has 0 radical (unpaired) electrons. The fraction of sp³-hybridized carbons (Fsp3) is 0.200. The van der Waals surface area contributed by atoms with Crippen LogP contribution in [0.3, 0.4) is 0 Å². The van der Waals surface area contributed by atoms with E-state index >= 15 is 0 Å². The van der Waals surface area contributed by atoms with Crippen LogP contribution in [-0.2, 0) is 9.84 Å². The molecule has 172 valence electrons. The minimum atomic E-state index is -3.75. The summed E-state index contributed by atoms with van der Waals surface area (Å²) < 4.78 is 52.9. The highest BCUT2D eigenvalue weighted by atomic mass is 35.5. The van der Waals surface area contributed by atoms with Crippen LogP contribution >= 0.6 is 23.2 Å². The molecule has 0 amide bonds. The Bertz CT molecular complexity index is 1220. The Morgan fingerprint density at radius 3 is 1.73 bits per heavy atom. The molecular formula is C25H21Cl2F2NO2S. The Morgan fingerprint density at radius 1 is 0.818 bits per heavy atom. The number of hydrogen-bond donors (Lipinski definition) is 0. The van der Waals surface area contributed by atoms with Crippen molar-refractivity contribution in [3.63, 3.8) is 0 Å². The molecule has 0 bridgehead atoms. The van der Waals surface area contributed by atoms with E-state index in [2.05, 4.69) is 4.90 Å². The quantitative estimate of drug-likeness (QED) is 0.370. The fourth-order valence-electron chi connectivity index (χ4n) is 3.97. The van der Waals surface area contributed by atoms with Gasteiger partial charge in [0.2, 0.25) is 0 Å². The lowest BCUT2D eigenvalue weighted by Crippen LogP contribution is -2.43. The predicted molar refractivity (Wildman–Crippen MR) is 128 cm³/mol. The summed E-state index contributed by atoms with van der Waals surface area (Å²) in [6, 6.07) is 17.8. The average Bonchev–Trinajstić information content (AvgIpc) is 2.73. The normalized spacial score (nSPS) is 15.4. The first-order valence-corrected chi connectivity index (χ1v) is 12.6. The van der Waals surface area contributed by atoms with Crippen molar-refractivity contribution in [1.29, 1.82) is 0 Å². The molecule has 1 heterocycles. The monoisotopic (exact) mass is 507 g/mol. The van der Waals surface area contributed by atoms with E-state index < -0.39 is 26.7 Å². The number of hydrogen-bond acceptors (Lipinski definition) is 3. The Morgan fingerprint density at radius 2 is 1.27 bits per heavy atom. The second-order valence-electron chi connectivity index (χ2n) is 8.12. The van der Waals surface area contributed by atoms with Crippen molar-refractivity contribution in [2.45, 2.75) is 18.2 Å². The van der Waals surface area contributed by atoms with E-state index in [1.807, 2.05) is 48.5 Å². The van der Waals surface area contributed by atoms with E-state index in [-0.39, 0.29) is 11.6 Å². The third-order valence-electron chi connectivity index (χ3n) is 5.73. The minimum absolute atomic E-state index is 0.0840. The first-order chi connectivity index (χ1) is 15.6. The molecule has 3 aromatic carbocycles. The second kappa shape index (κ2) is 9.55. The van der Waals surface area contributed by atoms with Gasteiger partial charge >= 0.3 is 0 Å². The Hall–Kier alpha value is -2.25. The van der Waals surface area contributed by atoms with Gasteiger partial charge in [0.05, 0.1) is 11.3 Å². The van der Waals surface area contributed by atoms with Crippen LogP contribution in [0.15, 0.2) is 77.7 Å². The highest BCUT2D eigenvalue weighted by Crippen LogP contribution is 2.36. The van der Waals surface area contributed by atoms with Gasteiger partial charge in [0, 0.05) is 34.6 Å². The SMILES string of the molecule is CC(c1cc(F)cc(F)c1)S(=O)(=O)C=C1CN(C(c2ccc(Cl)cc2)c2ccc(Cl)cc2)C1. The lowest BCUT2D eigenvalue weighted by molar-refractivity contribution is 0.202. The maximum atomic E-state index is 13.6. The van der Waals surface area contributed by atoms with Gasteiger partial charge in [-0.1, -0.05) is 47.5 Å². The van der Waals surface area contributed by atoms with Crippen molar-refractivity contribution < 1.29 is 17.2 Å². The molecule has 1 atom stereocenters. The first-order valence-electron chi connectivity index (χ1n) is 10.3. The van der Waals surface area contributed by atoms with E-state index in [9.17, 15) is 17.2 Å². The van der Waals surface area contributed by atoms with Crippen molar-refractivity contribution in [2.75, 3.05) is 13.1 Å². The number of nitrogens with zero attached hydrogens (tertiary/aromatic N) is 1. The molecule has 0 saturated carbocycles. The molecule has 0 N–H and O–H groups in total. The molecule has 0 aromatic heterocycles. The highest BCUT2D eigenvalue weighted by Gasteiger charge is 2.32. The summed E-state index contributed by atoms with van der Waals surface area (Å²) in [6.07, 6.45) is 0. The zero-order valence-corrected chi connectivity index (χ0v) is 20.0. The Kier molecular flexibility index (Phi) is 6.91. The molecule has 1 aliphatic rings. The molecule has 3 aromatic rings. The van der Waals surface area contributed by atoms with Gasteiger partial charge in [-0.3, -0.25) is 4.90 Å². The minimum Gasteiger partial charge on any atom is -0.284 e. The maximum Gasteiger partial charge on any atom is 0.178 e. The van der Waals surface area contributed by atoms with Crippen LogP contribution in [-0.4, -0.2) is 26.4 Å². The van der Waals surface area contributed by atoms with Crippen LogP contribution in [0.5, 0.6) is 0 Å². The third-order valence-corrected chi connectivity index (χ3v) is 8.15. The molecule has 1 aliphatic heterocycles. The van der Waals surface area contributed by atoms with E-state index in [1.54, 1.807) is 0 Å². The molecule has 1 unspecified atom stereocenters. The largest absolute Gasteiger partial charge is 0.284 e. The van der Waals surface area contributed by atoms with Gasteiger partial charge in [0.15, 0.2) is 9.84 Å². The fourth-order valence-corrected chi connectivity index (χ4v) is 5.56. The molecule has 0 spiro atoms. The first kappa shape index (κ1) is 23.9. The molecule has 3 nitrogen and oxygen atoms in total. The standard InChI is InChI=1S/C25H21Cl2F2NO2S/c1-16(20-10-23(28)12-24(29)11-20)33(31,32)15-17-13-30(14-17)25(18-2-6-21(26)7-3-18)19-4-8-22(27)9-5-19/h2-12,15-16,25H,13-14H2,1H3. The third kappa shape index (κ3) is 5.46. The van der Waals surface area contributed by atoms with Crippen LogP contribution < -0.4 is 0 Å². The molecule has 4 rings (SSSR count). The van der Waals surface area contributed by atoms with Crippen molar-refractivity contribution in [2.24, 2.45) is 0 Å². The van der Waals surface area contributed by atoms with Crippen LogP contribution in [0.1, 0.15) is 34.9 Å². The van der Waals surface area contributed by atoms with Gasteiger partial charge in [-0.25, -0.2) is 17.2 Å². The van der Waals surface area contributed by atoms with Crippen molar-refractivity contribution >= 4 is 33.0 Å². The number of halogens is 4. The summed E-state index contributed by atoms with van der Waals surface area (Å²) >= 11 is 12.1. The summed E-state index contributed by atoms with van der Waals surface area (Å²) in [5.41, 5.74) is 2.85.